The van der Waals surface area contributed by atoms with E-state index in [0.717, 1.165) is 0 Å². The molecule has 0 unspecified atom stereocenters. The van der Waals surface area contributed by atoms with Gasteiger partial charge in [-0.25, -0.2) is 0 Å². The van der Waals surface area contributed by atoms with Crippen molar-refractivity contribution < 1.29 is 12.2 Å². The van der Waals surface area contributed by atoms with Crippen LogP contribution in [0.5, 0.6) is 0 Å². The summed E-state index contributed by atoms with van der Waals surface area (Å²) in [5, 5.41) is 0. The molecule has 0 fully saturated rings. The molecule has 0 aromatic carbocycles. The number of hydrogen-bond donors (Lipinski definition) is 2. The summed E-state index contributed by atoms with van der Waals surface area (Å²) >= 11 is -2.88. The van der Waals surface area contributed by atoms with Gasteiger partial charge in [0.25, 0.3) is 0 Å². The molecule has 0 aromatic heterocycles. The first-order valence-corrected chi connectivity index (χ1v) is 8.43. The molecule has 0 heterocycles. The van der Waals surface area contributed by atoms with Crippen molar-refractivity contribution in [2.75, 3.05) is 0 Å². The first-order chi connectivity index (χ1) is 2.00. The summed E-state index contributed by atoms with van der Waals surface area (Å²) in [7, 11) is 0. The minimum absolute atomic E-state index is 1.31. The fraction of sp³-hybridized carbons (Fsp3) is 0. The van der Waals surface area contributed by atoms with Crippen LogP contribution in [-0.4, -0.2) is 34.2 Å². The summed E-state index contributed by atoms with van der Waals surface area (Å²) < 4.78 is 24.7. The maximum atomic E-state index is 9.36. The Morgan fingerprint density at radius 3 is 1.60 bits per heavy atom. The summed E-state index contributed by atoms with van der Waals surface area (Å²) in [5.41, 5.74) is 0. The second-order valence-corrected chi connectivity index (χ2v) is 8.35. The van der Waals surface area contributed by atoms with E-state index in [0.29, 0.717) is 0 Å². The van der Waals surface area contributed by atoms with Gasteiger partial charge >= 0.3 is 38.0 Å². The van der Waals surface area contributed by atoms with Crippen LogP contribution in [0.1, 0.15) is 0 Å². The zero-order chi connectivity index (χ0) is 4.50. The molecule has 0 aliphatic heterocycles. The number of hydrogen-bond acceptors (Lipinski definition) is 1. The van der Waals surface area contributed by atoms with Gasteiger partial charge in [0.2, 0.25) is 0 Å². The Morgan fingerprint density at radius 2 is 1.60 bits per heavy atom. The van der Waals surface area contributed by atoms with E-state index >= 15 is 0 Å². The van der Waals surface area contributed by atoms with Crippen molar-refractivity contribution in [2.45, 2.75) is 0 Å². The van der Waals surface area contributed by atoms with Crippen LogP contribution in [-0.2, 0) is 3.83 Å². The summed E-state index contributed by atoms with van der Waals surface area (Å²) in [6, 6.07) is 0. The molecule has 5 heteroatoms. The topological polar surface area (TPSA) is 57.5 Å². The van der Waals surface area contributed by atoms with Crippen LogP contribution in [0.3, 0.4) is 0 Å². The molecule has 0 radical (unpaired) electrons. The normalized spacial score (nSPS) is 15.0. The van der Waals surface area contributed by atoms with Crippen molar-refractivity contribution in [1.29, 1.82) is 0 Å². The Bertz CT molecular complexity index is 51.0. The van der Waals surface area contributed by atoms with Crippen LogP contribution >= 0.6 is 0 Å². The van der Waals surface area contributed by atoms with Gasteiger partial charge in [-0.3, -0.25) is 0 Å². The summed E-state index contributed by atoms with van der Waals surface area (Å²) in [5.74, 6) is 0. The van der Waals surface area contributed by atoms with Crippen molar-refractivity contribution >= 4 is 25.8 Å². The zero-order valence-corrected chi connectivity index (χ0v) is 5.95. The van der Waals surface area contributed by atoms with Gasteiger partial charge in [0.15, 0.2) is 0 Å². The molecule has 0 spiro atoms. The molecule has 0 saturated carbocycles. The van der Waals surface area contributed by atoms with Crippen LogP contribution in [0.15, 0.2) is 0 Å². The van der Waals surface area contributed by atoms with Gasteiger partial charge in [-0.15, -0.1) is 0 Å². The zero-order valence-electron chi connectivity index (χ0n) is 2.20. The van der Waals surface area contributed by atoms with Crippen molar-refractivity contribution in [3.8, 4) is 0 Å². The molecule has 0 aliphatic carbocycles. The predicted octanol–water partition coefficient (Wildman–Crippen LogP) is -2.53. The summed E-state index contributed by atoms with van der Waals surface area (Å²) in [6.45, 7) is 0. The van der Waals surface area contributed by atoms with E-state index in [1.165, 1.54) is 14.2 Å². The van der Waals surface area contributed by atoms with Crippen LogP contribution in [0.2, 0.25) is 0 Å². The average molecular weight is 210 g/mol. The van der Waals surface area contributed by atoms with E-state index in [9.17, 15) is 3.83 Å². The van der Waals surface area contributed by atoms with E-state index in [-0.39, 0.29) is 0 Å². The first kappa shape index (κ1) is 5.76. The summed E-state index contributed by atoms with van der Waals surface area (Å²) in [4.78, 5) is 0. The van der Waals surface area contributed by atoms with E-state index in [1.54, 1.807) is 0 Å². The van der Waals surface area contributed by atoms with E-state index in [1.807, 2.05) is 0 Å². The van der Waals surface area contributed by atoms with E-state index in [4.69, 9.17) is 8.38 Å². The van der Waals surface area contributed by atoms with Crippen LogP contribution in [0.4, 0.5) is 0 Å². The first-order valence-electron chi connectivity index (χ1n) is 0.783. The van der Waals surface area contributed by atoms with Crippen molar-refractivity contribution in [1.82, 2.24) is 0 Å². The fourth-order valence-electron chi connectivity index (χ4n) is 0. The molecule has 5 heavy (non-hydrogen) atoms. The second-order valence-electron chi connectivity index (χ2n) is 0.513. The fourth-order valence-corrected chi connectivity index (χ4v) is 0. The molecule has 2 N–H and O–H groups in total. The van der Waals surface area contributed by atoms with Gasteiger partial charge in [-0.2, -0.15) is 0 Å². The van der Waals surface area contributed by atoms with Gasteiger partial charge in [0, 0.05) is 0 Å². The SMILES string of the molecule is O=[SeH](O)(O)[SeH]. The molecule has 0 amide bonds. The average Bonchev–Trinajstić information content (AvgIpc) is 0.722. The van der Waals surface area contributed by atoms with Crippen molar-refractivity contribution in [3.63, 3.8) is 0 Å². The molecule has 0 bridgehead atoms. The van der Waals surface area contributed by atoms with Gasteiger partial charge in [0.05, 0.1) is 0 Å². The third kappa shape index (κ3) is 62.9. The molecule has 3 nitrogen and oxygen atoms in total. The molecule has 0 atom stereocenters. The van der Waals surface area contributed by atoms with Crippen molar-refractivity contribution in [2.24, 2.45) is 0 Å². The molecule has 0 saturated heterocycles. The van der Waals surface area contributed by atoms with Gasteiger partial charge in [0.1, 0.15) is 0 Å². The third-order valence-corrected chi connectivity index (χ3v) is 0. The Morgan fingerprint density at radius 1 is 1.60 bits per heavy atom. The monoisotopic (exact) mass is 212 g/mol. The predicted molar refractivity (Wildman–Crippen MR) is 19.4 cm³/mol. The standard InChI is InChI=1S/H4O3Se2/c1-5(2,3)4/h5H,(H3,1,2,3,4). The molecular formula is H4O3Se2. The number of rotatable bonds is 0. The van der Waals surface area contributed by atoms with Crippen LogP contribution in [0, 0.1) is 0 Å². The van der Waals surface area contributed by atoms with E-state index < -0.39 is 11.6 Å². The second kappa shape index (κ2) is 1.47. The van der Waals surface area contributed by atoms with Crippen LogP contribution < -0.4 is 0 Å². The Kier molecular flexibility index (Phi) is 1.70. The molecule has 0 aliphatic rings. The molecule has 0 aromatic rings. The maximum absolute atomic E-state index is 9.36. The Balaban J connectivity index is 3.47. The van der Waals surface area contributed by atoms with Crippen LogP contribution in [0.25, 0.3) is 0 Å². The summed E-state index contributed by atoms with van der Waals surface area (Å²) in [6.07, 6.45) is 0. The van der Waals surface area contributed by atoms with E-state index in [2.05, 4.69) is 0 Å². The Hall–Kier alpha value is 0.759. The Labute approximate surface area is 38.4 Å². The molecule has 34 valence electrons. The third-order valence-electron chi connectivity index (χ3n) is 0. The van der Waals surface area contributed by atoms with Gasteiger partial charge in [-0.05, 0) is 0 Å². The molecular weight excluding hydrogens is 206 g/mol. The molecule has 0 rings (SSSR count). The quantitative estimate of drug-likeness (QED) is 0.433. The van der Waals surface area contributed by atoms with Gasteiger partial charge < -0.3 is 0 Å². The minimum atomic E-state index is -4.19. The van der Waals surface area contributed by atoms with Gasteiger partial charge in [-0.1, -0.05) is 0 Å². The van der Waals surface area contributed by atoms with Crippen molar-refractivity contribution in [3.05, 3.63) is 0 Å².